The van der Waals surface area contributed by atoms with Gasteiger partial charge in [-0.05, 0) is 78.4 Å². The number of rotatable bonds is 7. The first-order chi connectivity index (χ1) is 13.7. The number of ether oxygens (including phenoxy) is 2. The van der Waals surface area contributed by atoms with Crippen LogP contribution >= 0.6 is 22.6 Å². The molecule has 2 aromatic rings. The number of nitrogens with zero attached hydrogens (tertiary/aromatic N) is 1. The summed E-state index contributed by atoms with van der Waals surface area (Å²) in [5.74, 6) is -0.675. The number of halogens is 1. The molecule has 1 amide bonds. The monoisotopic (exact) mass is 506 g/mol. The highest BCUT2D eigenvalue weighted by atomic mass is 127. The zero-order valence-corrected chi connectivity index (χ0v) is 18.2. The van der Waals surface area contributed by atoms with Crippen molar-refractivity contribution >= 4 is 46.2 Å². The van der Waals surface area contributed by atoms with E-state index >= 15 is 0 Å². The van der Waals surface area contributed by atoms with Crippen LogP contribution in [0.15, 0.2) is 42.0 Å². The van der Waals surface area contributed by atoms with Gasteiger partial charge in [0.1, 0.15) is 11.6 Å². The Kier molecular flexibility index (Phi) is 7.61. The molecule has 0 aliphatic heterocycles. The Hall–Kier alpha value is -3.06. The molecular formula is C21H19IN2O5. The van der Waals surface area contributed by atoms with Crippen molar-refractivity contribution in [2.24, 2.45) is 0 Å². The number of nitrogens with one attached hydrogen (secondary N) is 1. The molecule has 2 rings (SSSR count). The maximum absolute atomic E-state index is 12.5. The average Bonchev–Trinajstić information content (AvgIpc) is 2.67. The number of hydrogen-bond donors (Lipinski definition) is 2. The average molecular weight is 506 g/mol. The lowest BCUT2D eigenvalue weighted by atomic mass is 10.1. The van der Waals surface area contributed by atoms with E-state index in [1.54, 1.807) is 18.2 Å². The van der Waals surface area contributed by atoms with E-state index in [0.29, 0.717) is 17.1 Å². The number of methoxy groups -OCH3 is 1. The van der Waals surface area contributed by atoms with Gasteiger partial charge < -0.3 is 19.9 Å². The van der Waals surface area contributed by atoms with Crippen molar-refractivity contribution in [3.63, 3.8) is 0 Å². The molecule has 0 atom stereocenters. The summed E-state index contributed by atoms with van der Waals surface area (Å²) in [6.45, 7) is 3.81. The van der Waals surface area contributed by atoms with Crippen LogP contribution in [-0.4, -0.2) is 30.2 Å². The molecule has 0 aliphatic rings. The Labute approximate surface area is 182 Å². The van der Waals surface area contributed by atoms with Crippen LogP contribution in [0.25, 0.3) is 6.08 Å². The largest absolute Gasteiger partial charge is 0.493 e. The van der Waals surface area contributed by atoms with Gasteiger partial charge in [0, 0.05) is 5.69 Å². The maximum Gasteiger partial charge on any atom is 0.335 e. The topological polar surface area (TPSA) is 109 Å². The van der Waals surface area contributed by atoms with Crippen LogP contribution in [0.3, 0.4) is 0 Å². The third kappa shape index (κ3) is 5.96. The van der Waals surface area contributed by atoms with Crippen molar-refractivity contribution in [1.82, 2.24) is 0 Å². The Morgan fingerprint density at radius 1 is 1.28 bits per heavy atom. The highest BCUT2D eigenvalue weighted by Crippen LogP contribution is 2.35. The summed E-state index contributed by atoms with van der Waals surface area (Å²) >= 11 is 2.10. The third-order valence-electron chi connectivity index (χ3n) is 3.65. The lowest BCUT2D eigenvalue weighted by Gasteiger charge is -2.16. The summed E-state index contributed by atoms with van der Waals surface area (Å²) < 4.78 is 11.9. The van der Waals surface area contributed by atoms with Crippen molar-refractivity contribution < 1.29 is 24.2 Å². The van der Waals surface area contributed by atoms with Gasteiger partial charge >= 0.3 is 5.97 Å². The first-order valence-corrected chi connectivity index (χ1v) is 9.63. The van der Waals surface area contributed by atoms with Gasteiger partial charge in [-0.2, -0.15) is 5.26 Å². The standard InChI is InChI=1S/C21H19IN2O5/c1-12(2)29-19-17(22)8-13(9-18(19)28-3)7-15(11-23)20(25)24-16-6-4-5-14(10-16)21(26)27/h4-10,12H,1-3H3,(H,24,25)(H,26,27)/b15-7-. The highest BCUT2D eigenvalue weighted by Gasteiger charge is 2.15. The molecule has 0 bridgehead atoms. The van der Waals surface area contributed by atoms with Gasteiger partial charge in [-0.15, -0.1) is 0 Å². The third-order valence-corrected chi connectivity index (χ3v) is 4.45. The van der Waals surface area contributed by atoms with Gasteiger partial charge in [0.25, 0.3) is 5.91 Å². The molecule has 0 heterocycles. The molecule has 29 heavy (non-hydrogen) atoms. The van der Waals surface area contributed by atoms with E-state index in [4.69, 9.17) is 14.6 Å². The van der Waals surface area contributed by atoms with E-state index in [-0.39, 0.29) is 22.9 Å². The fraction of sp³-hybridized carbons (Fsp3) is 0.190. The van der Waals surface area contributed by atoms with E-state index in [1.165, 1.54) is 31.4 Å². The van der Waals surface area contributed by atoms with Crippen molar-refractivity contribution in [2.75, 3.05) is 12.4 Å². The number of carbonyl (C=O) groups is 2. The summed E-state index contributed by atoms with van der Waals surface area (Å²) in [5.41, 5.74) is 0.767. The number of carboxylic acids is 1. The number of amides is 1. The summed E-state index contributed by atoms with van der Waals surface area (Å²) in [7, 11) is 1.51. The number of benzene rings is 2. The second kappa shape index (κ2) is 9.93. The van der Waals surface area contributed by atoms with E-state index in [2.05, 4.69) is 27.9 Å². The predicted octanol–water partition coefficient (Wildman–Crippen LogP) is 4.33. The minimum atomic E-state index is -1.11. The second-order valence-electron chi connectivity index (χ2n) is 6.21. The molecule has 0 radical (unpaired) electrons. The summed E-state index contributed by atoms with van der Waals surface area (Å²) in [6, 6.07) is 11.1. The lowest BCUT2D eigenvalue weighted by molar-refractivity contribution is -0.112. The van der Waals surface area contributed by atoms with E-state index in [1.807, 2.05) is 19.9 Å². The van der Waals surface area contributed by atoms with Crippen molar-refractivity contribution in [3.05, 3.63) is 56.7 Å². The number of carbonyl (C=O) groups excluding carboxylic acids is 1. The van der Waals surface area contributed by atoms with Gasteiger partial charge in [-0.3, -0.25) is 4.79 Å². The molecule has 0 aromatic heterocycles. The molecule has 2 aromatic carbocycles. The fourth-order valence-corrected chi connectivity index (χ4v) is 3.17. The summed E-state index contributed by atoms with van der Waals surface area (Å²) in [5, 5.41) is 21.0. The minimum absolute atomic E-state index is 0.0327. The number of hydrogen-bond acceptors (Lipinski definition) is 5. The van der Waals surface area contributed by atoms with Crippen LogP contribution < -0.4 is 14.8 Å². The Morgan fingerprint density at radius 2 is 2.00 bits per heavy atom. The molecule has 0 unspecified atom stereocenters. The fourth-order valence-electron chi connectivity index (χ4n) is 2.42. The predicted molar refractivity (Wildman–Crippen MR) is 117 cm³/mol. The molecule has 0 fully saturated rings. The maximum atomic E-state index is 12.5. The zero-order valence-electron chi connectivity index (χ0n) is 16.0. The molecule has 0 saturated carbocycles. The molecule has 8 heteroatoms. The Bertz CT molecular complexity index is 1010. The van der Waals surface area contributed by atoms with Gasteiger partial charge in [0.15, 0.2) is 11.5 Å². The molecular weight excluding hydrogens is 487 g/mol. The van der Waals surface area contributed by atoms with E-state index in [9.17, 15) is 14.9 Å². The minimum Gasteiger partial charge on any atom is -0.493 e. The number of carboxylic acid groups (broad SMARTS) is 1. The molecule has 0 saturated heterocycles. The van der Waals surface area contributed by atoms with Crippen molar-refractivity contribution in [3.8, 4) is 17.6 Å². The normalized spacial score (nSPS) is 11.0. The van der Waals surface area contributed by atoms with E-state index < -0.39 is 11.9 Å². The zero-order chi connectivity index (χ0) is 21.6. The molecule has 7 nitrogen and oxygen atoms in total. The van der Waals surface area contributed by atoms with Gasteiger partial charge in [-0.25, -0.2) is 4.79 Å². The first kappa shape index (κ1) is 22.2. The SMILES string of the molecule is COc1cc(/C=C(/C#N)C(=O)Nc2cccc(C(=O)O)c2)cc(I)c1OC(C)C. The van der Waals surface area contributed by atoms with Crippen molar-refractivity contribution in [1.29, 1.82) is 5.26 Å². The van der Waals surface area contributed by atoms with Crippen LogP contribution in [0.2, 0.25) is 0 Å². The lowest BCUT2D eigenvalue weighted by Crippen LogP contribution is -2.14. The number of nitriles is 1. The first-order valence-electron chi connectivity index (χ1n) is 8.55. The van der Waals surface area contributed by atoms with Crippen molar-refractivity contribution in [2.45, 2.75) is 20.0 Å². The number of aromatic carboxylic acids is 1. The molecule has 0 aliphatic carbocycles. The van der Waals surface area contributed by atoms with Crippen LogP contribution in [0.1, 0.15) is 29.8 Å². The summed E-state index contributed by atoms with van der Waals surface area (Å²) in [6.07, 6.45) is 1.39. The van der Waals surface area contributed by atoms with Crippen LogP contribution in [0, 0.1) is 14.9 Å². The summed E-state index contributed by atoms with van der Waals surface area (Å²) in [4.78, 5) is 23.5. The van der Waals surface area contributed by atoms with Gasteiger partial charge in [0.2, 0.25) is 0 Å². The molecule has 150 valence electrons. The highest BCUT2D eigenvalue weighted by molar-refractivity contribution is 14.1. The van der Waals surface area contributed by atoms with Crippen LogP contribution in [-0.2, 0) is 4.79 Å². The van der Waals surface area contributed by atoms with Gasteiger partial charge in [-0.1, -0.05) is 6.07 Å². The van der Waals surface area contributed by atoms with Gasteiger partial charge in [0.05, 0.1) is 22.3 Å². The van der Waals surface area contributed by atoms with Crippen LogP contribution in [0.5, 0.6) is 11.5 Å². The Balaban J connectivity index is 2.32. The molecule has 2 N–H and O–H groups in total. The second-order valence-corrected chi connectivity index (χ2v) is 7.37. The smallest absolute Gasteiger partial charge is 0.335 e. The molecule has 0 spiro atoms. The van der Waals surface area contributed by atoms with Crippen LogP contribution in [0.4, 0.5) is 5.69 Å². The number of anilines is 1. The quantitative estimate of drug-likeness (QED) is 0.329. The van der Waals surface area contributed by atoms with E-state index in [0.717, 1.165) is 3.57 Å². The Morgan fingerprint density at radius 3 is 2.59 bits per heavy atom.